The molecule has 2 heterocycles. The monoisotopic (exact) mass is 1000 g/mol. The number of unbranched alkanes of at least 4 members (excludes halogenated alkanes) is 1. The molecule has 24 heteroatoms. The summed E-state index contributed by atoms with van der Waals surface area (Å²) in [7, 11) is 0. The van der Waals surface area contributed by atoms with Crippen molar-refractivity contribution in [2.24, 2.45) is 22.2 Å². The Morgan fingerprint density at radius 2 is 1.43 bits per heavy atom. The summed E-state index contributed by atoms with van der Waals surface area (Å²) in [5.74, 6) is -7.91. The molecule has 1 aliphatic rings. The summed E-state index contributed by atoms with van der Waals surface area (Å²) in [5.41, 5.74) is 18.9. The lowest BCUT2D eigenvalue weighted by atomic mass is 10.0. The van der Waals surface area contributed by atoms with Gasteiger partial charge in [0.05, 0.1) is 0 Å². The Morgan fingerprint density at radius 3 is 2.11 bits per heavy atom. The average molecular weight is 1000 g/mol. The van der Waals surface area contributed by atoms with Crippen LogP contribution in [-0.2, 0) is 60.8 Å². The van der Waals surface area contributed by atoms with Gasteiger partial charge in [-0.15, -0.1) is 0 Å². The fourth-order valence-electron chi connectivity index (χ4n) is 7.72. The van der Waals surface area contributed by atoms with Crippen molar-refractivity contribution in [2.45, 2.75) is 127 Å². The van der Waals surface area contributed by atoms with Gasteiger partial charge in [0.2, 0.25) is 59.1 Å². The molecular formula is C48H68N14O10. The van der Waals surface area contributed by atoms with E-state index in [2.05, 4.69) is 57.8 Å². The SMILES string of the molecule is CCCC[C@H](NC(C)=O)C(=O)N[C@H]1CCNC(=O)CCC(=O)NC[C@@H](C(=O)N[C@@H](Cc2c[nH]c3ccccc23)C(N)=O)NC(=O)[C@H](CCCN=C(N)N)NC(=O)C(Cc2ccccc2)NC(=O)[C@H](C)NC1=O. The van der Waals surface area contributed by atoms with Crippen molar-refractivity contribution in [2.75, 3.05) is 19.6 Å². The number of nitrogens with two attached hydrogens (primary N) is 3. The summed E-state index contributed by atoms with van der Waals surface area (Å²) in [6.45, 7) is 3.80. The molecule has 16 N–H and O–H groups in total. The number of hydrogen-bond acceptors (Lipinski definition) is 11. The van der Waals surface area contributed by atoms with Crippen molar-refractivity contribution < 1.29 is 47.9 Å². The van der Waals surface area contributed by atoms with Crippen LogP contribution in [-0.4, -0.2) is 132 Å². The molecule has 1 saturated heterocycles. The zero-order chi connectivity index (χ0) is 52.7. The van der Waals surface area contributed by atoms with Crippen LogP contribution in [0.1, 0.15) is 83.3 Å². The third-order valence-corrected chi connectivity index (χ3v) is 11.6. The van der Waals surface area contributed by atoms with Gasteiger partial charge >= 0.3 is 0 Å². The van der Waals surface area contributed by atoms with E-state index in [-0.39, 0.29) is 64.0 Å². The van der Waals surface area contributed by atoms with Crippen molar-refractivity contribution in [1.82, 2.24) is 52.8 Å². The first-order valence-electron chi connectivity index (χ1n) is 23.9. The number of H-pyrrole nitrogens is 1. The van der Waals surface area contributed by atoms with E-state index in [0.29, 0.717) is 24.0 Å². The fourth-order valence-corrected chi connectivity index (χ4v) is 7.72. The fraction of sp³-hybridized carbons (Fsp3) is 0.479. The minimum atomic E-state index is -1.58. The molecule has 1 aromatic heterocycles. The van der Waals surface area contributed by atoms with Gasteiger partial charge in [0.15, 0.2) is 5.96 Å². The molecule has 0 bridgehead atoms. The van der Waals surface area contributed by atoms with Gasteiger partial charge in [-0.05, 0) is 49.8 Å². The van der Waals surface area contributed by atoms with E-state index in [1.807, 2.05) is 25.1 Å². The highest BCUT2D eigenvalue weighted by atomic mass is 16.2. The number of guanidine groups is 1. The molecule has 10 amide bonds. The molecule has 24 nitrogen and oxygen atoms in total. The number of nitrogens with zero attached hydrogens (tertiary/aromatic N) is 1. The van der Waals surface area contributed by atoms with Crippen molar-refractivity contribution in [3.8, 4) is 0 Å². The summed E-state index contributed by atoms with van der Waals surface area (Å²) < 4.78 is 0. The van der Waals surface area contributed by atoms with Gasteiger partial charge < -0.3 is 70.0 Å². The Morgan fingerprint density at radius 1 is 0.764 bits per heavy atom. The first kappa shape index (κ1) is 56.5. The van der Waals surface area contributed by atoms with Crippen LogP contribution >= 0.6 is 0 Å². The zero-order valence-corrected chi connectivity index (χ0v) is 40.8. The van der Waals surface area contributed by atoms with E-state index >= 15 is 0 Å². The number of carbonyl (C=O) groups is 10. The van der Waals surface area contributed by atoms with Crippen LogP contribution in [0.3, 0.4) is 0 Å². The van der Waals surface area contributed by atoms with Gasteiger partial charge in [0.1, 0.15) is 42.3 Å². The number of aromatic nitrogens is 1. The number of carbonyl (C=O) groups excluding carboxylic acids is 10. The number of primary amides is 1. The number of aromatic amines is 1. The maximum atomic E-state index is 14.4. The van der Waals surface area contributed by atoms with Gasteiger partial charge in [0, 0.05) is 69.3 Å². The van der Waals surface area contributed by atoms with Gasteiger partial charge in [0.25, 0.3) is 0 Å². The summed E-state index contributed by atoms with van der Waals surface area (Å²) in [4.78, 5) is 142. The molecule has 1 aliphatic heterocycles. The van der Waals surface area contributed by atoms with Crippen LogP contribution in [0.15, 0.2) is 65.8 Å². The molecule has 0 radical (unpaired) electrons. The third-order valence-electron chi connectivity index (χ3n) is 11.6. The molecule has 72 heavy (non-hydrogen) atoms. The van der Waals surface area contributed by atoms with Crippen LogP contribution < -0.4 is 65.1 Å². The smallest absolute Gasteiger partial charge is 0.245 e. The largest absolute Gasteiger partial charge is 0.370 e. The minimum Gasteiger partial charge on any atom is -0.370 e. The van der Waals surface area contributed by atoms with Gasteiger partial charge in [-0.25, -0.2) is 0 Å². The number of amides is 10. The van der Waals surface area contributed by atoms with Crippen LogP contribution in [0.25, 0.3) is 10.9 Å². The van der Waals surface area contributed by atoms with Gasteiger partial charge in [-0.1, -0.05) is 68.3 Å². The minimum absolute atomic E-state index is 0.0269. The summed E-state index contributed by atoms with van der Waals surface area (Å²) in [6, 6.07) is 6.56. The van der Waals surface area contributed by atoms with Crippen molar-refractivity contribution >= 4 is 75.9 Å². The molecule has 390 valence electrons. The molecule has 2 aromatic carbocycles. The first-order valence-corrected chi connectivity index (χ1v) is 23.9. The maximum absolute atomic E-state index is 14.4. The van der Waals surface area contributed by atoms with Crippen molar-refractivity contribution in [3.63, 3.8) is 0 Å². The van der Waals surface area contributed by atoms with Crippen LogP contribution in [0, 0.1) is 0 Å². The zero-order valence-electron chi connectivity index (χ0n) is 40.8. The Kier molecular flexibility index (Phi) is 22.4. The molecule has 1 unspecified atom stereocenters. The van der Waals surface area contributed by atoms with E-state index in [1.165, 1.54) is 13.8 Å². The number of para-hydroxylation sites is 1. The number of fused-ring (bicyclic) bond motifs is 1. The maximum Gasteiger partial charge on any atom is 0.245 e. The number of nitrogens with one attached hydrogen (secondary N) is 10. The Bertz CT molecular complexity index is 2420. The van der Waals surface area contributed by atoms with Crippen LogP contribution in [0.4, 0.5) is 0 Å². The van der Waals surface area contributed by atoms with Gasteiger partial charge in [-0.3, -0.25) is 52.9 Å². The van der Waals surface area contributed by atoms with Crippen LogP contribution in [0.2, 0.25) is 0 Å². The molecule has 1 fully saturated rings. The van der Waals surface area contributed by atoms with E-state index in [1.54, 1.807) is 42.6 Å². The number of aliphatic imine (C=N–C) groups is 1. The Labute approximate surface area is 416 Å². The molecule has 0 spiro atoms. The number of rotatable bonds is 17. The van der Waals surface area contributed by atoms with Crippen LogP contribution in [0.5, 0.6) is 0 Å². The second-order valence-corrected chi connectivity index (χ2v) is 17.5. The highest BCUT2D eigenvalue weighted by Gasteiger charge is 2.34. The van der Waals surface area contributed by atoms with E-state index in [9.17, 15) is 47.9 Å². The van der Waals surface area contributed by atoms with Gasteiger partial charge in [-0.2, -0.15) is 0 Å². The summed E-state index contributed by atoms with van der Waals surface area (Å²) in [6.07, 6.45) is 2.16. The predicted octanol–water partition coefficient (Wildman–Crippen LogP) is -2.47. The first-order chi connectivity index (χ1) is 34.3. The summed E-state index contributed by atoms with van der Waals surface area (Å²) in [5, 5.41) is 24.2. The topological polar surface area (TPSA) is 385 Å². The van der Waals surface area contributed by atoms with E-state index in [0.717, 1.165) is 10.9 Å². The Hall–Kier alpha value is -8.05. The molecule has 7 atom stereocenters. The molecule has 0 aliphatic carbocycles. The second-order valence-electron chi connectivity index (χ2n) is 17.5. The predicted molar refractivity (Wildman–Crippen MR) is 266 cm³/mol. The Balaban J connectivity index is 1.69. The van der Waals surface area contributed by atoms with E-state index in [4.69, 9.17) is 17.2 Å². The van der Waals surface area contributed by atoms with Crippen molar-refractivity contribution in [1.29, 1.82) is 0 Å². The highest BCUT2D eigenvalue weighted by molar-refractivity contribution is 5.98. The standard InChI is InChI=1S/C48H68N14O10/c1-4-5-15-33(57-28(3)63)44(69)59-35-20-22-52-39(64)18-19-40(65)55-26-38(47(72)60-36(41(49)66)24-30-25-54-32-16-10-9-14-31(30)32)62-45(70)34(17-11-21-53-48(50)51)58-46(71)37(23-29-12-7-6-8-13-29)61-42(67)27(2)56-43(35)68/h6-10,12-14,16,25,27,33-38,54H,4-5,11,15,17-24,26H2,1-3H3,(H2,49,66)(H,52,64)(H,55,65)(H,56,68)(H,57,63)(H,58,71)(H,59,69)(H,60,72)(H,61,67)(H,62,70)(H4,50,51,53)/t27-,33-,34-,35-,36-,37?,38-/m0/s1. The second kappa shape index (κ2) is 28.6. The quantitative estimate of drug-likeness (QED) is 0.0380. The number of hydrogen-bond donors (Lipinski definition) is 13. The molecular weight excluding hydrogens is 933 g/mol. The lowest BCUT2D eigenvalue weighted by molar-refractivity contribution is -0.135. The normalized spacial score (nSPS) is 20.7. The number of benzene rings is 2. The van der Waals surface area contributed by atoms with Crippen molar-refractivity contribution in [3.05, 3.63) is 71.9 Å². The average Bonchev–Trinajstić information content (AvgIpc) is 3.75. The summed E-state index contributed by atoms with van der Waals surface area (Å²) >= 11 is 0. The highest BCUT2D eigenvalue weighted by Crippen LogP contribution is 2.19. The van der Waals surface area contributed by atoms with E-state index < -0.39 is 114 Å². The molecule has 3 aromatic rings. The molecule has 4 rings (SSSR count). The lowest BCUT2D eigenvalue weighted by Crippen LogP contribution is -2.61. The molecule has 0 saturated carbocycles. The lowest BCUT2D eigenvalue weighted by Gasteiger charge is -2.27. The third kappa shape index (κ3) is 18.7.